The van der Waals surface area contributed by atoms with Crippen LogP contribution in [-0.4, -0.2) is 37.8 Å². The van der Waals surface area contributed by atoms with Crippen LogP contribution in [0.5, 0.6) is 17.2 Å². The van der Waals surface area contributed by atoms with Crippen molar-refractivity contribution < 1.29 is 14.2 Å². The van der Waals surface area contributed by atoms with Gasteiger partial charge in [0, 0.05) is 12.1 Å². The zero-order valence-electron chi connectivity index (χ0n) is 15.0. The molecular weight excluding hydrogens is 338 g/mol. The summed E-state index contributed by atoms with van der Waals surface area (Å²) in [5.74, 6) is 3.16. The van der Waals surface area contributed by atoms with Gasteiger partial charge in [-0.25, -0.2) is 9.97 Å². The van der Waals surface area contributed by atoms with E-state index in [9.17, 15) is 0 Å². The van der Waals surface area contributed by atoms with Gasteiger partial charge in [-0.3, -0.25) is 0 Å². The average molecular weight is 359 g/mol. The Morgan fingerprint density at radius 3 is 2.28 bits per heavy atom. The lowest BCUT2D eigenvalue weighted by atomic mass is 10.1. The van der Waals surface area contributed by atoms with Gasteiger partial charge in [-0.1, -0.05) is 0 Å². The van der Waals surface area contributed by atoms with Crippen LogP contribution in [0.2, 0.25) is 0 Å². The third-order valence-electron chi connectivity index (χ3n) is 3.88. The highest BCUT2D eigenvalue weighted by Gasteiger charge is 2.18. The van der Waals surface area contributed by atoms with Crippen molar-refractivity contribution in [2.45, 2.75) is 13.8 Å². The van der Waals surface area contributed by atoms with Crippen molar-refractivity contribution in [2.24, 2.45) is 0 Å². The minimum Gasteiger partial charge on any atom is -0.493 e. The molecule has 0 saturated heterocycles. The Bertz CT molecular complexity index is 883. The molecular formula is C18H21N3O3S. The number of methoxy groups -OCH3 is 3. The standard InChI is InChI=1S/C18H21N3O3S/c1-6-19-17-14-10(2)9-25-18(14)21-16(20-17)11-7-12(22-3)15(24-5)13(8-11)23-4/h7-9H,6H2,1-5H3,(H,19,20,21). The molecule has 6 nitrogen and oxygen atoms in total. The molecule has 0 spiro atoms. The summed E-state index contributed by atoms with van der Waals surface area (Å²) in [5, 5.41) is 6.50. The van der Waals surface area contributed by atoms with Crippen molar-refractivity contribution in [2.75, 3.05) is 33.2 Å². The second-order valence-corrected chi connectivity index (χ2v) is 6.30. The molecule has 2 aromatic heterocycles. The van der Waals surface area contributed by atoms with Gasteiger partial charge in [-0.15, -0.1) is 11.3 Å². The van der Waals surface area contributed by atoms with Crippen molar-refractivity contribution in [1.29, 1.82) is 0 Å². The average Bonchev–Trinajstić information content (AvgIpc) is 3.01. The monoisotopic (exact) mass is 359 g/mol. The number of fused-ring (bicyclic) bond motifs is 1. The summed E-state index contributed by atoms with van der Waals surface area (Å²) in [6.45, 7) is 4.91. The van der Waals surface area contributed by atoms with Crippen LogP contribution in [0.1, 0.15) is 12.5 Å². The normalized spacial score (nSPS) is 10.8. The minimum atomic E-state index is 0.550. The molecule has 7 heteroatoms. The number of thiophene rings is 1. The predicted molar refractivity (Wildman–Crippen MR) is 101 cm³/mol. The molecule has 0 radical (unpaired) electrons. The van der Waals surface area contributed by atoms with Gasteiger partial charge in [-0.05, 0) is 36.9 Å². The van der Waals surface area contributed by atoms with E-state index in [1.54, 1.807) is 32.7 Å². The number of aryl methyl sites for hydroxylation is 1. The number of hydrogen-bond acceptors (Lipinski definition) is 7. The van der Waals surface area contributed by atoms with Crippen LogP contribution in [0, 0.1) is 6.92 Å². The molecule has 2 heterocycles. The number of benzene rings is 1. The lowest BCUT2D eigenvalue weighted by Gasteiger charge is -2.14. The second kappa shape index (κ2) is 7.14. The van der Waals surface area contributed by atoms with Crippen molar-refractivity contribution in [3.05, 3.63) is 23.1 Å². The van der Waals surface area contributed by atoms with E-state index in [0.717, 1.165) is 28.1 Å². The Hall–Kier alpha value is -2.54. The van der Waals surface area contributed by atoms with Gasteiger partial charge in [-0.2, -0.15) is 0 Å². The Balaban J connectivity index is 2.22. The fraction of sp³-hybridized carbons (Fsp3) is 0.333. The molecule has 1 aromatic carbocycles. The molecule has 3 aromatic rings. The van der Waals surface area contributed by atoms with Crippen LogP contribution in [0.3, 0.4) is 0 Å². The van der Waals surface area contributed by atoms with Gasteiger partial charge in [0.15, 0.2) is 17.3 Å². The quantitative estimate of drug-likeness (QED) is 0.714. The van der Waals surface area contributed by atoms with E-state index < -0.39 is 0 Å². The first kappa shape index (κ1) is 17.3. The first-order valence-corrected chi connectivity index (χ1v) is 8.81. The molecule has 0 atom stereocenters. The highest BCUT2D eigenvalue weighted by Crippen LogP contribution is 2.41. The first-order valence-electron chi connectivity index (χ1n) is 7.93. The lowest BCUT2D eigenvalue weighted by molar-refractivity contribution is 0.324. The maximum absolute atomic E-state index is 5.44. The third kappa shape index (κ3) is 3.07. The second-order valence-electron chi connectivity index (χ2n) is 5.44. The van der Waals surface area contributed by atoms with Gasteiger partial charge in [0.25, 0.3) is 0 Å². The zero-order valence-corrected chi connectivity index (χ0v) is 15.8. The number of ether oxygens (including phenoxy) is 3. The molecule has 25 heavy (non-hydrogen) atoms. The van der Waals surface area contributed by atoms with Crippen LogP contribution in [0.15, 0.2) is 17.5 Å². The van der Waals surface area contributed by atoms with Crippen molar-refractivity contribution >= 4 is 27.4 Å². The van der Waals surface area contributed by atoms with Gasteiger partial charge in [0.05, 0.1) is 26.7 Å². The summed E-state index contributed by atoms with van der Waals surface area (Å²) < 4.78 is 16.3. The highest BCUT2D eigenvalue weighted by molar-refractivity contribution is 7.17. The number of nitrogens with zero attached hydrogens (tertiary/aromatic N) is 2. The largest absolute Gasteiger partial charge is 0.493 e. The molecule has 0 unspecified atom stereocenters. The van der Waals surface area contributed by atoms with E-state index >= 15 is 0 Å². The molecule has 0 fully saturated rings. The molecule has 1 N–H and O–H groups in total. The molecule has 0 amide bonds. The van der Waals surface area contributed by atoms with Crippen molar-refractivity contribution in [1.82, 2.24) is 9.97 Å². The topological polar surface area (TPSA) is 65.5 Å². The Morgan fingerprint density at radius 1 is 1.04 bits per heavy atom. The molecule has 0 aliphatic heterocycles. The summed E-state index contributed by atoms with van der Waals surface area (Å²) >= 11 is 1.61. The van der Waals surface area contributed by atoms with Crippen LogP contribution >= 0.6 is 11.3 Å². The molecule has 0 saturated carbocycles. The molecule has 0 bridgehead atoms. The fourth-order valence-electron chi connectivity index (χ4n) is 2.72. The fourth-order valence-corrected chi connectivity index (χ4v) is 3.64. The van der Waals surface area contributed by atoms with Crippen LogP contribution in [0.25, 0.3) is 21.6 Å². The van der Waals surface area contributed by atoms with Gasteiger partial charge in [0.1, 0.15) is 10.6 Å². The number of anilines is 1. The van der Waals surface area contributed by atoms with Gasteiger partial charge in [0.2, 0.25) is 5.75 Å². The van der Waals surface area contributed by atoms with Crippen LogP contribution in [-0.2, 0) is 0 Å². The summed E-state index contributed by atoms with van der Waals surface area (Å²) in [6, 6.07) is 3.72. The minimum absolute atomic E-state index is 0.550. The summed E-state index contributed by atoms with van der Waals surface area (Å²) in [5.41, 5.74) is 1.98. The van der Waals surface area contributed by atoms with E-state index in [4.69, 9.17) is 24.2 Å². The third-order valence-corrected chi connectivity index (χ3v) is 4.87. The lowest BCUT2D eigenvalue weighted by Crippen LogP contribution is -2.03. The molecule has 0 aliphatic carbocycles. The summed E-state index contributed by atoms with van der Waals surface area (Å²) in [6.07, 6.45) is 0. The summed E-state index contributed by atoms with van der Waals surface area (Å²) in [7, 11) is 4.77. The van der Waals surface area contributed by atoms with E-state index in [-0.39, 0.29) is 0 Å². The van der Waals surface area contributed by atoms with Crippen LogP contribution < -0.4 is 19.5 Å². The Kier molecular flexibility index (Phi) is 4.94. The molecule has 0 aliphatic rings. The van der Waals surface area contributed by atoms with E-state index in [0.29, 0.717) is 23.1 Å². The zero-order chi connectivity index (χ0) is 18.0. The van der Waals surface area contributed by atoms with Gasteiger partial charge >= 0.3 is 0 Å². The SMILES string of the molecule is CCNc1nc(-c2cc(OC)c(OC)c(OC)c2)nc2scc(C)c12. The van der Waals surface area contributed by atoms with Crippen molar-refractivity contribution in [3.8, 4) is 28.6 Å². The first-order chi connectivity index (χ1) is 12.1. The Morgan fingerprint density at radius 2 is 1.72 bits per heavy atom. The Labute approximate surface area is 150 Å². The molecule has 132 valence electrons. The summed E-state index contributed by atoms with van der Waals surface area (Å²) in [4.78, 5) is 10.4. The number of rotatable bonds is 6. The van der Waals surface area contributed by atoms with E-state index in [2.05, 4.69) is 24.5 Å². The maximum atomic E-state index is 5.44. The number of nitrogens with one attached hydrogen (secondary N) is 1. The smallest absolute Gasteiger partial charge is 0.203 e. The van der Waals surface area contributed by atoms with E-state index in [1.807, 2.05) is 12.1 Å². The number of hydrogen-bond donors (Lipinski definition) is 1. The van der Waals surface area contributed by atoms with E-state index in [1.165, 1.54) is 5.56 Å². The van der Waals surface area contributed by atoms with Crippen molar-refractivity contribution in [3.63, 3.8) is 0 Å². The number of aromatic nitrogens is 2. The maximum Gasteiger partial charge on any atom is 0.203 e. The highest BCUT2D eigenvalue weighted by atomic mass is 32.1. The van der Waals surface area contributed by atoms with Gasteiger partial charge < -0.3 is 19.5 Å². The van der Waals surface area contributed by atoms with Crippen LogP contribution in [0.4, 0.5) is 5.82 Å². The predicted octanol–water partition coefficient (Wildman–Crippen LogP) is 4.12. The molecule has 3 rings (SSSR count).